The van der Waals surface area contributed by atoms with E-state index in [9.17, 15) is 26.7 Å². The Labute approximate surface area is 197 Å². The van der Waals surface area contributed by atoms with Crippen LogP contribution in [0.25, 0.3) is 0 Å². The standard InChI is InChI=1S/C25H32F5N3O/c1-17(15-18-7-6-8-19(16-18)25(28,29)30)21(22(31-3)24(2,26)27)23(34)33-13-9-20(10-14-33)32-11-4-5-12-32/h6-8,16,20H,4-5,9-15H2,1-3H3/b21-17+,31-22?. The summed E-state index contributed by atoms with van der Waals surface area (Å²) in [5.41, 5.74) is -1.09. The van der Waals surface area contributed by atoms with Gasteiger partial charge in [0.15, 0.2) is 0 Å². The Morgan fingerprint density at radius 3 is 2.21 bits per heavy atom. The first-order chi connectivity index (χ1) is 15.9. The maximum absolute atomic E-state index is 14.5. The monoisotopic (exact) mass is 485 g/mol. The molecule has 1 aromatic carbocycles. The van der Waals surface area contributed by atoms with Crippen molar-refractivity contribution < 1.29 is 26.7 Å². The van der Waals surface area contributed by atoms with E-state index < -0.39 is 29.3 Å². The Morgan fingerprint density at radius 2 is 1.68 bits per heavy atom. The fourth-order valence-electron chi connectivity index (χ4n) is 4.96. The summed E-state index contributed by atoms with van der Waals surface area (Å²) in [6.07, 6.45) is -0.701. The molecule has 0 spiro atoms. The molecule has 0 bridgehead atoms. The highest BCUT2D eigenvalue weighted by Gasteiger charge is 2.39. The Kier molecular flexibility index (Phi) is 8.16. The van der Waals surface area contributed by atoms with Crippen LogP contribution >= 0.6 is 0 Å². The maximum Gasteiger partial charge on any atom is 0.416 e. The average molecular weight is 486 g/mol. The zero-order valence-electron chi connectivity index (χ0n) is 19.9. The molecular formula is C25H32F5N3O. The molecule has 2 fully saturated rings. The van der Waals surface area contributed by atoms with E-state index >= 15 is 0 Å². The molecular weight excluding hydrogens is 453 g/mol. The van der Waals surface area contributed by atoms with Crippen LogP contribution in [0.2, 0.25) is 0 Å². The first-order valence-electron chi connectivity index (χ1n) is 11.7. The van der Waals surface area contributed by atoms with Crippen molar-refractivity contribution in [2.24, 2.45) is 4.99 Å². The summed E-state index contributed by atoms with van der Waals surface area (Å²) < 4.78 is 68.3. The molecule has 34 heavy (non-hydrogen) atoms. The Balaban J connectivity index is 1.88. The number of halogens is 5. The highest BCUT2D eigenvalue weighted by atomic mass is 19.4. The van der Waals surface area contributed by atoms with Crippen LogP contribution in [0.1, 0.15) is 50.7 Å². The van der Waals surface area contributed by atoms with Crippen molar-refractivity contribution in [2.45, 2.75) is 64.1 Å². The van der Waals surface area contributed by atoms with Crippen LogP contribution in [0.3, 0.4) is 0 Å². The molecule has 0 atom stereocenters. The third-order valence-corrected chi connectivity index (χ3v) is 6.65. The molecule has 2 saturated heterocycles. The number of piperidine rings is 1. The van der Waals surface area contributed by atoms with E-state index in [2.05, 4.69) is 9.89 Å². The van der Waals surface area contributed by atoms with Crippen molar-refractivity contribution in [3.05, 3.63) is 46.5 Å². The average Bonchev–Trinajstić information content (AvgIpc) is 3.30. The van der Waals surface area contributed by atoms with E-state index in [1.54, 1.807) is 4.90 Å². The van der Waals surface area contributed by atoms with Gasteiger partial charge in [0.25, 0.3) is 11.8 Å². The second-order valence-corrected chi connectivity index (χ2v) is 9.26. The first kappa shape index (κ1) is 26.3. The molecule has 0 aromatic heterocycles. The van der Waals surface area contributed by atoms with Crippen LogP contribution in [0.15, 0.2) is 40.4 Å². The molecule has 1 amide bonds. The van der Waals surface area contributed by atoms with E-state index in [0.717, 1.165) is 38.1 Å². The number of carbonyl (C=O) groups excluding carboxylic acids is 1. The van der Waals surface area contributed by atoms with Crippen molar-refractivity contribution in [1.29, 1.82) is 0 Å². The van der Waals surface area contributed by atoms with Gasteiger partial charge in [-0.2, -0.15) is 22.0 Å². The Hall–Kier alpha value is -2.29. The van der Waals surface area contributed by atoms with Crippen molar-refractivity contribution in [3.63, 3.8) is 0 Å². The van der Waals surface area contributed by atoms with E-state index in [0.29, 0.717) is 31.6 Å². The molecule has 4 nitrogen and oxygen atoms in total. The number of nitrogens with zero attached hydrogens (tertiary/aromatic N) is 3. The number of aliphatic imine (C=N–C) groups is 1. The van der Waals surface area contributed by atoms with Gasteiger partial charge in [-0.25, -0.2) is 0 Å². The molecule has 2 heterocycles. The topological polar surface area (TPSA) is 35.9 Å². The molecule has 0 unspecified atom stereocenters. The smallest absolute Gasteiger partial charge is 0.338 e. The zero-order chi connectivity index (χ0) is 25.1. The number of rotatable bonds is 6. The minimum atomic E-state index is -4.52. The molecule has 9 heteroatoms. The molecule has 1 aromatic rings. The van der Waals surface area contributed by atoms with Gasteiger partial charge < -0.3 is 9.80 Å². The summed E-state index contributed by atoms with van der Waals surface area (Å²) in [7, 11) is 1.21. The summed E-state index contributed by atoms with van der Waals surface area (Å²) >= 11 is 0. The normalized spacial score (nSPS) is 20.0. The van der Waals surface area contributed by atoms with Crippen LogP contribution < -0.4 is 0 Å². The summed E-state index contributed by atoms with van der Waals surface area (Å²) in [5, 5.41) is 0. The fraction of sp³-hybridized carbons (Fsp3) is 0.600. The minimum absolute atomic E-state index is 0.0651. The second-order valence-electron chi connectivity index (χ2n) is 9.26. The molecule has 0 saturated carbocycles. The summed E-state index contributed by atoms with van der Waals surface area (Å²) in [4.78, 5) is 21.2. The van der Waals surface area contributed by atoms with E-state index in [1.165, 1.54) is 38.9 Å². The lowest BCUT2D eigenvalue weighted by Crippen LogP contribution is -2.48. The van der Waals surface area contributed by atoms with E-state index in [4.69, 9.17) is 0 Å². The SMILES string of the molecule is CN=C(/C(C(=O)N1CCC(N2CCCC2)CC1)=C(/C)Cc1cccc(C(F)(F)F)c1)C(C)(F)F. The number of hydrogen-bond acceptors (Lipinski definition) is 3. The molecule has 0 aliphatic carbocycles. The van der Waals surface area contributed by atoms with Crippen molar-refractivity contribution >= 4 is 11.6 Å². The van der Waals surface area contributed by atoms with Gasteiger partial charge in [-0.3, -0.25) is 9.79 Å². The Bertz CT molecular complexity index is 935. The van der Waals surface area contributed by atoms with Crippen LogP contribution in [0.4, 0.5) is 22.0 Å². The predicted molar refractivity (Wildman–Crippen MR) is 122 cm³/mol. The Morgan fingerprint density at radius 1 is 1.06 bits per heavy atom. The van der Waals surface area contributed by atoms with E-state index in [-0.39, 0.29) is 17.6 Å². The highest BCUT2D eigenvalue weighted by molar-refractivity contribution is 6.24. The fourth-order valence-corrected chi connectivity index (χ4v) is 4.96. The van der Waals surface area contributed by atoms with Crippen LogP contribution in [-0.4, -0.2) is 66.6 Å². The minimum Gasteiger partial charge on any atom is -0.338 e. The molecule has 3 rings (SSSR count). The first-order valence-corrected chi connectivity index (χ1v) is 11.7. The summed E-state index contributed by atoms with van der Waals surface area (Å²) in [6.45, 7) is 5.20. The molecule has 2 aliphatic heterocycles. The second kappa shape index (κ2) is 10.5. The van der Waals surface area contributed by atoms with Crippen LogP contribution in [0, 0.1) is 0 Å². The van der Waals surface area contributed by atoms with Crippen molar-refractivity contribution in [1.82, 2.24) is 9.80 Å². The summed E-state index contributed by atoms with van der Waals surface area (Å²) in [5.74, 6) is -3.91. The molecule has 0 radical (unpaired) electrons. The molecule has 2 aliphatic rings. The predicted octanol–water partition coefficient (Wildman–Crippen LogP) is 5.38. The molecule has 188 valence electrons. The summed E-state index contributed by atoms with van der Waals surface area (Å²) in [6, 6.07) is 5.10. The number of amides is 1. The number of alkyl halides is 5. The maximum atomic E-state index is 14.5. The lowest BCUT2D eigenvalue weighted by molar-refractivity contribution is -0.137. The number of allylic oxidation sites excluding steroid dienone is 1. The van der Waals surface area contributed by atoms with Gasteiger partial charge in [-0.1, -0.05) is 23.8 Å². The van der Waals surface area contributed by atoms with Gasteiger partial charge in [-0.05, 0) is 63.7 Å². The van der Waals surface area contributed by atoms with Gasteiger partial charge in [0.1, 0.15) is 5.71 Å². The zero-order valence-corrected chi connectivity index (χ0v) is 19.9. The number of benzene rings is 1. The van der Waals surface area contributed by atoms with Crippen molar-refractivity contribution in [3.8, 4) is 0 Å². The number of carbonyl (C=O) groups is 1. The largest absolute Gasteiger partial charge is 0.416 e. The highest BCUT2D eigenvalue weighted by Crippen LogP contribution is 2.31. The van der Waals surface area contributed by atoms with Crippen LogP contribution in [-0.2, 0) is 17.4 Å². The lowest BCUT2D eigenvalue weighted by Gasteiger charge is -2.37. The lowest BCUT2D eigenvalue weighted by atomic mass is 9.93. The van der Waals surface area contributed by atoms with Gasteiger partial charge in [0.05, 0.1) is 11.1 Å². The van der Waals surface area contributed by atoms with Crippen molar-refractivity contribution in [2.75, 3.05) is 33.2 Å². The third kappa shape index (κ3) is 6.23. The molecule has 0 N–H and O–H groups in total. The quantitative estimate of drug-likeness (QED) is 0.308. The van der Waals surface area contributed by atoms with E-state index in [1.807, 2.05) is 0 Å². The van der Waals surface area contributed by atoms with Gasteiger partial charge >= 0.3 is 6.18 Å². The van der Waals surface area contributed by atoms with Crippen LogP contribution in [0.5, 0.6) is 0 Å². The van der Waals surface area contributed by atoms with Gasteiger partial charge in [0, 0.05) is 33.1 Å². The number of likely N-dealkylation sites (tertiary alicyclic amines) is 2. The third-order valence-electron chi connectivity index (χ3n) is 6.65. The number of hydrogen-bond donors (Lipinski definition) is 0. The van der Waals surface area contributed by atoms with Gasteiger partial charge in [-0.15, -0.1) is 0 Å². The van der Waals surface area contributed by atoms with Gasteiger partial charge in [0.2, 0.25) is 0 Å².